The summed E-state index contributed by atoms with van der Waals surface area (Å²) in [6.07, 6.45) is 0.615. The predicted octanol–water partition coefficient (Wildman–Crippen LogP) is 1.91. The van der Waals surface area contributed by atoms with E-state index >= 15 is 0 Å². The molecule has 1 aliphatic rings. The van der Waals surface area contributed by atoms with Crippen molar-refractivity contribution in [3.63, 3.8) is 0 Å². The number of hydrogen-bond donors (Lipinski definition) is 1. The first kappa shape index (κ1) is 11.6. The summed E-state index contributed by atoms with van der Waals surface area (Å²) in [4.78, 5) is 24.5. The number of amides is 3. The van der Waals surface area contributed by atoms with Crippen LogP contribution in [0.1, 0.15) is 13.3 Å². The molecule has 1 unspecified atom stereocenters. The highest BCUT2D eigenvalue weighted by molar-refractivity contribution is 6.16. The Morgan fingerprint density at radius 1 is 1.41 bits per heavy atom. The average molecular weight is 236 g/mol. The molecule has 0 saturated carbocycles. The second-order valence-corrected chi connectivity index (χ2v) is 3.92. The van der Waals surface area contributed by atoms with Crippen LogP contribution < -0.4 is 10.2 Å². The van der Waals surface area contributed by atoms with Gasteiger partial charge in [-0.25, -0.2) is 14.1 Å². The molecular weight excluding hydrogens is 223 g/mol. The van der Waals surface area contributed by atoms with Gasteiger partial charge in [-0.05, 0) is 18.6 Å². The Balaban J connectivity index is 2.38. The Bertz CT molecular complexity index is 462. The lowest BCUT2D eigenvalue weighted by Crippen LogP contribution is -2.55. The highest BCUT2D eigenvalue weighted by Crippen LogP contribution is 2.23. The molecule has 0 aromatic heterocycles. The van der Waals surface area contributed by atoms with Gasteiger partial charge in [-0.3, -0.25) is 4.79 Å². The summed E-state index contributed by atoms with van der Waals surface area (Å²) in [6.45, 7) is 2.18. The van der Waals surface area contributed by atoms with Crippen molar-refractivity contribution in [2.75, 3.05) is 11.4 Å². The van der Waals surface area contributed by atoms with Gasteiger partial charge < -0.3 is 5.32 Å². The Morgan fingerprint density at radius 3 is 2.76 bits per heavy atom. The number of imide groups is 1. The zero-order chi connectivity index (χ0) is 12.4. The van der Waals surface area contributed by atoms with E-state index in [9.17, 15) is 14.0 Å². The lowest BCUT2D eigenvalue weighted by atomic mass is 10.0. The van der Waals surface area contributed by atoms with Crippen molar-refractivity contribution in [1.82, 2.24) is 5.32 Å². The molecule has 90 valence electrons. The van der Waals surface area contributed by atoms with Gasteiger partial charge in [-0.2, -0.15) is 0 Å². The molecule has 0 radical (unpaired) electrons. The molecule has 1 fully saturated rings. The number of nitrogens with one attached hydrogen (secondary N) is 1. The molecule has 2 rings (SSSR count). The van der Waals surface area contributed by atoms with E-state index in [0.29, 0.717) is 13.0 Å². The molecule has 1 aliphatic heterocycles. The molecule has 1 heterocycles. The van der Waals surface area contributed by atoms with Crippen molar-refractivity contribution < 1.29 is 14.0 Å². The first-order valence-corrected chi connectivity index (χ1v) is 5.51. The molecule has 1 aromatic carbocycles. The number of halogens is 1. The molecule has 1 aromatic rings. The van der Waals surface area contributed by atoms with Crippen molar-refractivity contribution in [2.24, 2.45) is 5.92 Å². The Kier molecular flexibility index (Phi) is 3.08. The summed E-state index contributed by atoms with van der Waals surface area (Å²) in [5.41, 5.74) is 0.00755. The second-order valence-electron chi connectivity index (χ2n) is 3.92. The maximum atomic E-state index is 13.6. The summed E-state index contributed by atoms with van der Waals surface area (Å²) in [5.74, 6) is -1.21. The van der Waals surface area contributed by atoms with Gasteiger partial charge in [0.25, 0.3) is 0 Å². The summed E-state index contributed by atoms with van der Waals surface area (Å²) in [6, 6.07) is 5.19. The van der Waals surface area contributed by atoms with Gasteiger partial charge >= 0.3 is 6.03 Å². The van der Waals surface area contributed by atoms with Crippen LogP contribution in [0.25, 0.3) is 0 Å². The lowest BCUT2D eigenvalue weighted by Gasteiger charge is -2.30. The zero-order valence-electron chi connectivity index (χ0n) is 9.44. The van der Waals surface area contributed by atoms with Gasteiger partial charge in [0.2, 0.25) is 5.91 Å². The van der Waals surface area contributed by atoms with Gasteiger partial charge in [-0.15, -0.1) is 0 Å². The number of carbonyl (C=O) groups is 2. The van der Waals surface area contributed by atoms with Crippen LogP contribution in [-0.4, -0.2) is 18.5 Å². The van der Waals surface area contributed by atoms with E-state index in [2.05, 4.69) is 5.32 Å². The predicted molar refractivity (Wildman–Crippen MR) is 61.1 cm³/mol. The average Bonchev–Trinajstić information content (AvgIpc) is 2.32. The smallest absolute Gasteiger partial charge is 0.328 e. The van der Waals surface area contributed by atoms with Crippen molar-refractivity contribution in [1.29, 1.82) is 0 Å². The minimum absolute atomic E-state index is 0.00755. The molecule has 3 amide bonds. The van der Waals surface area contributed by atoms with Crippen molar-refractivity contribution >= 4 is 17.6 Å². The minimum Gasteiger partial charge on any atom is -0.337 e. The van der Waals surface area contributed by atoms with Gasteiger partial charge in [0, 0.05) is 6.54 Å². The van der Waals surface area contributed by atoms with E-state index in [0.717, 1.165) is 4.90 Å². The normalized spacial score (nSPS) is 20.4. The third kappa shape index (κ3) is 2.00. The Labute approximate surface area is 98.4 Å². The van der Waals surface area contributed by atoms with Crippen LogP contribution in [-0.2, 0) is 4.79 Å². The molecule has 17 heavy (non-hydrogen) atoms. The quantitative estimate of drug-likeness (QED) is 0.852. The fourth-order valence-corrected chi connectivity index (χ4v) is 1.84. The largest absolute Gasteiger partial charge is 0.337 e. The van der Waals surface area contributed by atoms with E-state index in [-0.39, 0.29) is 17.5 Å². The minimum atomic E-state index is -0.576. The van der Waals surface area contributed by atoms with E-state index < -0.39 is 11.8 Å². The summed E-state index contributed by atoms with van der Waals surface area (Å²) < 4.78 is 13.6. The van der Waals surface area contributed by atoms with Crippen LogP contribution in [0, 0.1) is 11.7 Å². The van der Waals surface area contributed by atoms with Crippen molar-refractivity contribution in [3.05, 3.63) is 30.1 Å². The lowest BCUT2D eigenvalue weighted by molar-refractivity contribution is -0.122. The van der Waals surface area contributed by atoms with Gasteiger partial charge in [0.1, 0.15) is 5.82 Å². The maximum absolute atomic E-state index is 13.6. The zero-order valence-corrected chi connectivity index (χ0v) is 9.44. The third-order valence-corrected chi connectivity index (χ3v) is 2.86. The van der Waals surface area contributed by atoms with Gasteiger partial charge in [0.05, 0.1) is 11.6 Å². The second kappa shape index (κ2) is 4.53. The molecule has 1 saturated heterocycles. The van der Waals surface area contributed by atoms with Gasteiger partial charge in [0.15, 0.2) is 0 Å². The first-order chi connectivity index (χ1) is 8.15. The highest BCUT2D eigenvalue weighted by Gasteiger charge is 2.35. The van der Waals surface area contributed by atoms with E-state index in [4.69, 9.17) is 0 Å². The molecule has 1 N–H and O–H groups in total. The van der Waals surface area contributed by atoms with Crippen LogP contribution in [0.15, 0.2) is 24.3 Å². The molecule has 0 spiro atoms. The number of para-hydroxylation sites is 1. The monoisotopic (exact) mass is 236 g/mol. The summed E-state index contributed by atoms with van der Waals surface area (Å²) in [5, 5.41) is 2.59. The molecule has 1 atom stereocenters. The number of urea groups is 1. The first-order valence-electron chi connectivity index (χ1n) is 5.51. The van der Waals surface area contributed by atoms with E-state index in [1.165, 1.54) is 18.2 Å². The topological polar surface area (TPSA) is 49.4 Å². The summed E-state index contributed by atoms with van der Waals surface area (Å²) >= 11 is 0. The molecule has 5 heteroatoms. The Morgan fingerprint density at radius 2 is 2.12 bits per heavy atom. The van der Waals surface area contributed by atoms with Crippen molar-refractivity contribution in [3.8, 4) is 0 Å². The van der Waals surface area contributed by atoms with Crippen LogP contribution in [0.4, 0.5) is 14.9 Å². The van der Waals surface area contributed by atoms with Crippen LogP contribution in [0.5, 0.6) is 0 Å². The number of carbonyl (C=O) groups excluding carboxylic acids is 2. The maximum Gasteiger partial charge on any atom is 0.328 e. The molecular formula is C12H13FN2O2. The number of rotatable bonds is 2. The van der Waals surface area contributed by atoms with Crippen molar-refractivity contribution in [2.45, 2.75) is 13.3 Å². The van der Waals surface area contributed by atoms with Crippen LogP contribution in [0.3, 0.4) is 0 Å². The van der Waals surface area contributed by atoms with Crippen LogP contribution in [0.2, 0.25) is 0 Å². The summed E-state index contributed by atoms with van der Waals surface area (Å²) in [7, 11) is 0. The number of hydrogen-bond acceptors (Lipinski definition) is 2. The highest BCUT2D eigenvalue weighted by atomic mass is 19.1. The Hall–Kier alpha value is -1.91. The number of anilines is 1. The fourth-order valence-electron chi connectivity index (χ4n) is 1.84. The molecule has 4 nitrogen and oxygen atoms in total. The van der Waals surface area contributed by atoms with Crippen LogP contribution >= 0.6 is 0 Å². The van der Waals surface area contributed by atoms with E-state index in [1.807, 2.05) is 6.92 Å². The molecule has 0 aliphatic carbocycles. The van der Waals surface area contributed by atoms with E-state index in [1.54, 1.807) is 6.07 Å². The fraction of sp³-hybridized carbons (Fsp3) is 0.333. The SMILES string of the molecule is CCC1CNC(=O)N(c2ccccc2F)C1=O. The van der Waals surface area contributed by atoms with Gasteiger partial charge in [-0.1, -0.05) is 19.1 Å². The number of nitrogens with zero attached hydrogens (tertiary/aromatic N) is 1. The molecule has 0 bridgehead atoms. The standard InChI is InChI=1S/C12H13FN2O2/c1-2-8-7-14-12(17)15(11(8)16)10-6-4-3-5-9(10)13/h3-6,8H,2,7H2,1H3,(H,14,17). The number of benzene rings is 1. The third-order valence-electron chi connectivity index (χ3n) is 2.86.